The van der Waals surface area contributed by atoms with Gasteiger partial charge in [-0.2, -0.15) is 12.7 Å². The van der Waals surface area contributed by atoms with E-state index in [2.05, 4.69) is 10.0 Å². The minimum Gasteiger partial charge on any atom is -0.316 e. The van der Waals surface area contributed by atoms with Gasteiger partial charge in [0.05, 0.1) is 0 Å². The van der Waals surface area contributed by atoms with Crippen molar-refractivity contribution in [3.63, 3.8) is 0 Å². The molecule has 0 atom stereocenters. The molecule has 2 aliphatic rings. The highest BCUT2D eigenvalue weighted by atomic mass is 32.2. The Labute approximate surface area is 192 Å². The molecule has 0 bridgehead atoms. The van der Waals surface area contributed by atoms with Gasteiger partial charge < -0.3 is 10.2 Å². The summed E-state index contributed by atoms with van der Waals surface area (Å²) in [5.41, 5.74) is 4.32. The van der Waals surface area contributed by atoms with Crippen LogP contribution in [0, 0.1) is 5.82 Å². The fourth-order valence-corrected chi connectivity index (χ4v) is 5.05. The van der Waals surface area contributed by atoms with Crippen molar-refractivity contribution >= 4 is 33.4 Å². The summed E-state index contributed by atoms with van der Waals surface area (Å²) in [4.78, 5) is 25.7. The monoisotopic (exact) mass is 472 g/mol. The van der Waals surface area contributed by atoms with Gasteiger partial charge >= 0.3 is 16.2 Å². The summed E-state index contributed by atoms with van der Waals surface area (Å²) in [6.07, 6.45) is 2.43. The summed E-state index contributed by atoms with van der Waals surface area (Å²) in [7, 11) is -3.83. The maximum absolute atomic E-state index is 13.4. The van der Waals surface area contributed by atoms with E-state index in [-0.39, 0.29) is 31.4 Å². The molecule has 8 nitrogen and oxygen atoms in total. The van der Waals surface area contributed by atoms with Crippen LogP contribution < -0.4 is 10.0 Å². The predicted octanol–water partition coefficient (Wildman–Crippen LogP) is 3.23. The van der Waals surface area contributed by atoms with Gasteiger partial charge in [0.25, 0.3) is 0 Å². The third kappa shape index (κ3) is 5.23. The van der Waals surface area contributed by atoms with E-state index in [1.807, 2.05) is 18.2 Å². The number of benzene rings is 2. The smallest absolute Gasteiger partial charge is 0.316 e. The molecule has 0 unspecified atom stereocenters. The lowest BCUT2D eigenvalue weighted by Gasteiger charge is -2.26. The van der Waals surface area contributed by atoms with Gasteiger partial charge in [0, 0.05) is 38.3 Å². The molecule has 3 amide bonds. The molecule has 0 radical (unpaired) electrons. The third-order valence-electron chi connectivity index (χ3n) is 5.76. The maximum Gasteiger partial charge on any atom is 0.322 e. The highest BCUT2D eigenvalue weighted by Crippen LogP contribution is 2.26. The van der Waals surface area contributed by atoms with E-state index in [4.69, 9.17) is 0 Å². The lowest BCUT2D eigenvalue weighted by molar-refractivity contribution is -0.119. The first-order valence-electron chi connectivity index (χ1n) is 10.7. The number of hydrogen-bond donors (Lipinski definition) is 2. The Bertz CT molecular complexity index is 1210. The summed E-state index contributed by atoms with van der Waals surface area (Å²) < 4.78 is 41.2. The van der Waals surface area contributed by atoms with Gasteiger partial charge in [-0.3, -0.25) is 4.79 Å². The van der Waals surface area contributed by atoms with Crippen LogP contribution in [0.1, 0.15) is 36.5 Å². The van der Waals surface area contributed by atoms with Crippen molar-refractivity contribution < 1.29 is 22.4 Å². The number of anilines is 1. The van der Waals surface area contributed by atoms with Crippen LogP contribution in [0.3, 0.4) is 0 Å². The second-order valence-electron chi connectivity index (χ2n) is 8.00. The van der Waals surface area contributed by atoms with Crippen molar-refractivity contribution in [3.8, 4) is 0 Å². The zero-order chi connectivity index (χ0) is 23.6. The molecule has 0 spiro atoms. The Morgan fingerprint density at radius 1 is 1.06 bits per heavy atom. The van der Waals surface area contributed by atoms with Crippen LogP contribution in [-0.4, -0.2) is 42.7 Å². The van der Waals surface area contributed by atoms with Gasteiger partial charge in [-0.1, -0.05) is 31.2 Å². The van der Waals surface area contributed by atoms with Crippen molar-refractivity contribution in [2.45, 2.75) is 32.9 Å². The van der Waals surface area contributed by atoms with E-state index in [9.17, 15) is 22.4 Å². The summed E-state index contributed by atoms with van der Waals surface area (Å²) in [6.45, 7) is 2.84. The number of carbonyl (C=O) groups is 2. The van der Waals surface area contributed by atoms with Crippen LogP contribution in [-0.2, 0) is 28.1 Å². The molecule has 2 N–H and O–H groups in total. The maximum atomic E-state index is 13.4. The Kier molecular flexibility index (Phi) is 6.48. The standard InChI is InChI=1S/C23H25FN4O4S/c1-2-22(29)26-33(31,32)28-11-9-17(10-12-28)16-4-7-21(8-5-16)25-23(30)27-14-18-3-6-20(24)13-19(18)15-27/h3-9,13H,2,10-12,14-15H2,1H3,(H,25,30)(H,26,29). The lowest BCUT2D eigenvalue weighted by Crippen LogP contribution is -2.44. The SMILES string of the molecule is CCC(=O)NS(=O)(=O)N1CC=C(c2ccc(NC(=O)N3Cc4ccc(F)cc4C3)cc2)CC1. The molecular formula is C23H25FN4O4S. The van der Waals surface area contributed by atoms with Crippen molar-refractivity contribution in [1.82, 2.24) is 13.9 Å². The first-order valence-corrected chi connectivity index (χ1v) is 12.1. The van der Waals surface area contributed by atoms with Crippen LogP contribution in [0.4, 0.5) is 14.9 Å². The third-order valence-corrected chi connectivity index (χ3v) is 7.26. The molecule has 2 heterocycles. The molecule has 0 saturated carbocycles. The average molecular weight is 473 g/mol. The van der Waals surface area contributed by atoms with E-state index in [1.54, 1.807) is 30.0 Å². The number of amides is 3. The zero-order valence-electron chi connectivity index (χ0n) is 18.2. The van der Waals surface area contributed by atoms with Crippen LogP contribution in [0.25, 0.3) is 5.57 Å². The topological polar surface area (TPSA) is 98.8 Å². The van der Waals surface area contributed by atoms with Crippen molar-refractivity contribution in [2.24, 2.45) is 0 Å². The molecule has 33 heavy (non-hydrogen) atoms. The van der Waals surface area contributed by atoms with Crippen LogP contribution >= 0.6 is 0 Å². The number of fused-ring (bicyclic) bond motifs is 1. The van der Waals surface area contributed by atoms with Crippen LogP contribution in [0.2, 0.25) is 0 Å². The fourth-order valence-electron chi connectivity index (χ4n) is 3.89. The van der Waals surface area contributed by atoms with E-state index >= 15 is 0 Å². The number of rotatable bonds is 5. The van der Waals surface area contributed by atoms with Crippen LogP contribution in [0.5, 0.6) is 0 Å². The van der Waals surface area contributed by atoms with Crippen molar-refractivity contribution in [3.05, 3.63) is 71.0 Å². The van der Waals surface area contributed by atoms with E-state index in [1.165, 1.54) is 16.4 Å². The molecule has 174 valence electrons. The average Bonchev–Trinajstić information content (AvgIpc) is 3.23. The molecule has 0 aromatic heterocycles. The fraction of sp³-hybridized carbons (Fsp3) is 0.304. The largest absolute Gasteiger partial charge is 0.322 e. The zero-order valence-corrected chi connectivity index (χ0v) is 19.0. The van der Waals surface area contributed by atoms with Gasteiger partial charge in [0.15, 0.2) is 0 Å². The van der Waals surface area contributed by atoms with Gasteiger partial charge in [0.1, 0.15) is 5.82 Å². The number of nitrogens with one attached hydrogen (secondary N) is 2. The second-order valence-corrected chi connectivity index (χ2v) is 9.67. The lowest BCUT2D eigenvalue weighted by atomic mass is 10.0. The molecule has 0 aliphatic carbocycles. The number of hydrogen-bond acceptors (Lipinski definition) is 4. The molecule has 2 aromatic rings. The Balaban J connectivity index is 1.35. The normalized spacial score (nSPS) is 16.2. The van der Waals surface area contributed by atoms with Crippen molar-refractivity contribution in [2.75, 3.05) is 18.4 Å². The molecular weight excluding hydrogens is 447 g/mol. The second kappa shape index (κ2) is 9.32. The predicted molar refractivity (Wildman–Crippen MR) is 123 cm³/mol. The molecule has 4 rings (SSSR count). The van der Waals surface area contributed by atoms with Gasteiger partial charge in [0.2, 0.25) is 5.91 Å². The van der Waals surface area contributed by atoms with Gasteiger partial charge in [-0.25, -0.2) is 13.9 Å². The summed E-state index contributed by atoms with van der Waals surface area (Å²) in [6, 6.07) is 11.6. The molecule has 0 saturated heterocycles. The highest BCUT2D eigenvalue weighted by molar-refractivity contribution is 7.87. The highest BCUT2D eigenvalue weighted by Gasteiger charge is 2.26. The van der Waals surface area contributed by atoms with Crippen LogP contribution in [0.15, 0.2) is 48.5 Å². The molecule has 10 heteroatoms. The molecule has 2 aromatic carbocycles. The van der Waals surface area contributed by atoms with E-state index in [0.29, 0.717) is 25.2 Å². The number of carbonyl (C=O) groups excluding carboxylic acids is 2. The first kappa shape index (κ1) is 22.9. The summed E-state index contributed by atoms with van der Waals surface area (Å²) in [5, 5.41) is 2.86. The number of nitrogens with zero attached hydrogens (tertiary/aromatic N) is 2. The minimum absolute atomic E-state index is 0.0975. The Morgan fingerprint density at radius 3 is 2.45 bits per heavy atom. The van der Waals surface area contributed by atoms with E-state index < -0.39 is 16.1 Å². The summed E-state index contributed by atoms with van der Waals surface area (Å²) in [5.74, 6) is -0.845. The quantitative estimate of drug-likeness (QED) is 0.698. The Morgan fingerprint density at radius 2 is 1.79 bits per heavy atom. The summed E-state index contributed by atoms with van der Waals surface area (Å²) >= 11 is 0. The first-order chi connectivity index (χ1) is 15.7. The van der Waals surface area contributed by atoms with Gasteiger partial charge in [-0.15, -0.1) is 0 Å². The molecule has 2 aliphatic heterocycles. The van der Waals surface area contributed by atoms with E-state index in [0.717, 1.165) is 22.3 Å². The minimum atomic E-state index is -3.83. The molecule has 0 fully saturated rings. The van der Waals surface area contributed by atoms with Gasteiger partial charge in [-0.05, 0) is 52.9 Å². The van der Waals surface area contributed by atoms with Crippen molar-refractivity contribution in [1.29, 1.82) is 0 Å². The Hall–Kier alpha value is -3.24. The number of halogens is 1. The number of urea groups is 1.